The molecule has 2 nitrogen and oxygen atoms in total. The third-order valence-electron chi connectivity index (χ3n) is 2.76. The number of aryl methyl sites for hydroxylation is 1. The zero-order chi connectivity index (χ0) is 9.97. The van der Waals surface area contributed by atoms with Crippen LogP contribution in [-0.2, 0) is 0 Å². The zero-order valence-electron chi connectivity index (χ0n) is 8.38. The van der Waals surface area contributed by atoms with Gasteiger partial charge in [-0.1, -0.05) is 6.07 Å². The van der Waals surface area contributed by atoms with Gasteiger partial charge >= 0.3 is 0 Å². The molecule has 0 bridgehead atoms. The molecular formula is C12H14N2. The second-order valence-corrected chi connectivity index (χ2v) is 3.93. The molecular weight excluding hydrogens is 172 g/mol. The maximum Gasteiger partial charge on any atom is 0.101 e. The highest BCUT2D eigenvalue weighted by Crippen LogP contribution is 2.25. The summed E-state index contributed by atoms with van der Waals surface area (Å²) in [6.45, 7) is 2.05. The summed E-state index contributed by atoms with van der Waals surface area (Å²) in [4.78, 5) is 0. The highest BCUT2D eigenvalue weighted by Gasteiger charge is 2.17. The van der Waals surface area contributed by atoms with Crippen molar-refractivity contribution in [1.29, 1.82) is 5.26 Å². The summed E-state index contributed by atoms with van der Waals surface area (Å²) >= 11 is 0. The van der Waals surface area contributed by atoms with Gasteiger partial charge in [-0.3, -0.25) is 0 Å². The highest BCUT2D eigenvalue weighted by atomic mass is 14.9. The lowest BCUT2D eigenvalue weighted by molar-refractivity contribution is 0.445. The molecule has 2 rings (SSSR count). The van der Waals surface area contributed by atoms with Gasteiger partial charge < -0.3 is 5.32 Å². The van der Waals surface area contributed by atoms with Crippen LogP contribution in [0.3, 0.4) is 0 Å². The Balaban J connectivity index is 2.21. The van der Waals surface area contributed by atoms with Crippen molar-refractivity contribution in [2.24, 2.45) is 0 Å². The second-order valence-electron chi connectivity index (χ2n) is 3.93. The van der Waals surface area contributed by atoms with Crippen LogP contribution in [0, 0.1) is 18.3 Å². The summed E-state index contributed by atoms with van der Waals surface area (Å²) in [6.07, 6.45) is 3.78. The first-order valence-corrected chi connectivity index (χ1v) is 5.07. The van der Waals surface area contributed by atoms with Crippen molar-refractivity contribution < 1.29 is 0 Å². The highest BCUT2D eigenvalue weighted by molar-refractivity contribution is 5.59. The Morgan fingerprint density at radius 2 is 2.21 bits per heavy atom. The van der Waals surface area contributed by atoms with Crippen molar-refractivity contribution in [2.75, 3.05) is 5.32 Å². The van der Waals surface area contributed by atoms with E-state index in [2.05, 4.69) is 17.5 Å². The van der Waals surface area contributed by atoms with Crippen LogP contribution in [0.2, 0.25) is 0 Å². The van der Waals surface area contributed by atoms with E-state index < -0.39 is 0 Å². The molecule has 14 heavy (non-hydrogen) atoms. The van der Waals surface area contributed by atoms with Crippen LogP contribution < -0.4 is 5.32 Å². The first kappa shape index (κ1) is 9.08. The maximum atomic E-state index is 8.92. The van der Waals surface area contributed by atoms with Gasteiger partial charge in [0, 0.05) is 6.04 Å². The molecule has 1 fully saturated rings. The van der Waals surface area contributed by atoms with Gasteiger partial charge in [-0.15, -0.1) is 0 Å². The van der Waals surface area contributed by atoms with E-state index in [1.807, 2.05) is 19.1 Å². The van der Waals surface area contributed by atoms with Crippen molar-refractivity contribution in [3.05, 3.63) is 29.3 Å². The average Bonchev–Trinajstić information content (AvgIpc) is 2.12. The second kappa shape index (κ2) is 3.71. The summed E-state index contributed by atoms with van der Waals surface area (Å²) in [5.74, 6) is 0. The van der Waals surface area contributed by atoms with Gasteiger partial charge in [-0.05, 0) is 43.9 Å². The Hall–Kier alpha value is -1.49. The normalized spacial score (nSPS) is 15.7. The minimum absolute atomic E-state index is 0.587. The Morgan fingerprint density at radius 1 is 1.43 bits per heavy atom. The maximum absolute atomic E-state index is 8.92. The van der Waals surface area contributed by atoms with E-state index in [4.69, 9.17) is 5.26 Å². The van der Waals surface area contributed by atoms with E-state index in [0.29, 0.717) is 6.04 Å². The lowest BCUT2D eigenvalue weighted by Gasteiger charge is -2.28. The number of nitriles is 1. The number of rotatable bonds is 2. The van der Waals surface area contributed by atoms with Crippen LogP contribution >= 0.6 is 0 Å². The van der Waals surface area contributed by atoms with E-state index in [1.165, 1.54) is 24.8 Å². The van der Waals surface area contributed by atoms with E-state index in [1.54, 1.807) is 0 Å². The first-order chi connectivity index (χ1) is 6.79. The summed E-state index contributed by atoms with van der Waals surface area (Å²) < 4.78 is 0. The SMILES string of the molecule is Cc1ccc(C#N)c(NC2CCC2)c1. The van der Waals surface area contributed by atoms with Crippen molar-refractivity contribution in [1.82, 2.24) is 0 Å². The molecule has 0 atom stereocenters. The summed E-state index contributed by atoms with van der Waals surface area (Å²) in [7, 11) is 0. The van der Waals surface area contributed by atoms with Crippen molar-refractivity contribution in [3.63, 3.8) is 0 Å². The van der Waals surface area contributed by atoms with Gasteiger partial charge in [0.1, 0.15) is 6.07 Å². The van der Waals surface area contributed by atoms with Gasteiger partial charge in [-0.2, -0.15) is 5.26 Å². The number of anilines is 1. The first-order valence-electron chi connectivity index (χ1n) is 5.07. The third kappa shape index (κ3) is 1.72. The number of benzene rings is 1. The summed E-state index contributed by atoms with van der Waals surface area (Å²) in [5, 5.41) is 12.3. The molecule has 2 heteroatoms. The molecule has 1 aliphatic rings. The van der Waals surface area contributed by atoms with E-state index >= 15 is 0 Å². The van der Waals surface area contributed by atoms with E-state index in [9.17, 15) is 0 Å². The molecule has 0 aromatic heterocycles. The smallest absolute Gasteiger partial charge is 0.101 e. The van der Waals surface area contributed by atoms with Crippen LogP contribution in [0.25, 0.3) is 0 Å². The fraction of sp³-hybridized carbons (Fsp3) is 0.417. The molecule has 72 valence electrons. The predicted octanol–water partition coefficient (Wildman–Crippen LogP) is 2.83. The van der Waals surface area contributed by atoms with Gasteiger partial charge in [0.15, 0.2) is 0 Å². The van der Waals surface area contributed by atoms with Crippen LogP contribution in [-0.4, -0.2) is 6.04 Å². The number of nitrogens with zero attached hydrogens (tertiary/aromatic N) is 1. The largest absolute Gasteiger partial charge is 0.381 e. The Kier molecular flexibility index (Phi) is 2.41. The number of hydrogen-bond donors (Lipinski definition) is 1. The van der Waals surface area contributed by atoms with Gasteiger partial charge in [0.2, 0.25) is 0 Å². The number of hydrogen-bond acceptors (Lipinski definition) is 2. The monoisotopic (exact) mass is 186 g/mol. The van der Waals surface area contributed by atoms with Gasteiger partial charge in [0.05, 0.1) is 11.3 Å². The van der Waals surface area contributed by atoms with Crippen molar-refractivity contribution in [3.8, 4) is 6.07 Å². The molecule has 0 unspecified atom stereocenters. The molecule has 1 saturated carbocycles. The Morgan fingerprint density at radius 3 is 2.79 bits per heavy atom. The average molecular weight is 186 g/mol. The van der Waals surface area contributed by atoms with Crippen LogP contribution in [0.4, 0.5) is 5.69 Å². The molecule has 0 aliphatic heterocycles. The molecule has 0 amide bonds. The molecule has 0 spiro atoms. The molecule has 0 radical (unpaired) electrons. The van der Waals surface area contributed by atoms with Crippen LogP contribution in [0.1, 0.15) is 30.4 Å². The molecule has 0 heterocycles. The lowest BCUT2D eigenvalue weighted by atomic mass is 9.92. The van der Waals surface area contributed by atoms with E-state index in [0.717, 1.165) is 11.3 Å². The lowest BCUT2D eigenvalue weighted by Crippen LogP contribution is -2.27. The molecule has 1 aromatic carbocycles. The molecule has 0 saturated heterocycles. The quantitative estimate of drug-likeness (QED) is 0.770. The number of nitrogens with one attached hydrogen (secondary N) is 1. The van der Waals surface area contributed by atoms with E-state index in [-0.39, 0.29) is 0 Å². The van der Waals surface area contributed by atoms with Gasteiger partial charge in [0.25, 0.3) is 0 Å². The van der Waals surface area contributed by atoms with Crippen molar-refractivity contribution >= 4 is 5.69 Å². The van der Waals surface area contributed by atoms with Crippen LogP contribution in [0.15, 0.2) is 18.2 Å². The fourth-order valence-electron chi connectivity index (χ4n) is 1.65. The molecule has 1 N–H and O–H groups in total. The summed E-state index contributed by atoms with van der Waals surface area (Å²) in [5.41, 5.74) is 2.95. The van der Waals surface area contributed by atoms with Gasteiger partial charge in [-0.25, -0.2) is 0 Å². The minimum Gasteiger partial charge on any atom is -0.381 e. The Labute approximate surface area is 84.6 Å². The predicted molar refractivity (Wildman–Crippen MR) is 57.2 cm³/mol. The topological polar surface area (TPSA) is 35.8 Å². The fourth-order valence-corrected chi connectivity index (χ4v) is 1.65. The zero-order valence-corrected chi connectivity index (χ0v) is 8.38. The standard InChI is InChI=1S/C12H14N2/c1-9-5-6-10(8-13)12(7-9)14-11-3-2-4-11/h5-7,11,14H,2-4H2,1H3. The van der Waals surface area contributed by atoms with Crippen molar-refractivity contribution in [2.45, 2.75) is 32.2 Å². The van der Waals surface area contributed by atoms with Crippen LogP contribution in [0.5, 0.6) is 0 Å². The molecule has 1 aliphatic carbocycles. The Bertz CT molecular complexity index is 372. The molecule has 1 aromatic rings. The third-order valence-corrected chi connectivity index (χ3v) is 2.76. The minimum atomic E-state index is 0.587. The summed E-state index contributed by atoms with van der Waals surface area (Å²) in [6, 6.07) is 8.72.